The quantitative estimate of drug-likeness (QED) is 0.777. The van der Waals surface area contributed by atoms with E-state index in [1.165, 1.54) is 0 Å². The first kappa shape index (κ1) is 18.0. The summed E-state index contributed by atoms with van der Waals surface area (Å²) in [6.45, 7) is 7.22. The standard InChI is InChI=1S/C16H24N2O4/c1-11(19)10-17-14(20)9-12-5-7-13(8-6-12)18-15(21)22-16(2,3)4/h5-8,11,19H,9-10H2,1-4H3,(H,17,20)(H,18,21). The van der Waals surface area contributed by atoms with Gasteiger partial charge in [0.1, 0.15) is 5.60 Å². The SMILES string of the molecule is CC(O)CNC(=O)Cc1ccc(NC(=O)OC(C)(C)C)cc1. The van der Waals surface area contributed by atoms with Gasteiger partial charge >= 0.3 is 6.09 Å². The lowest BCUT2D eigenvalue weighted by atomic mass is 10.1. The van der Waals surface area contributed by atoms with Gasteiger partial charge in [-0.15, -0.1) is 0 Å². The van der Waals surface area contributed by atoms with Gasteiger partial charge in [0.15, 0.2) is 0 Å². The summed E-state index contributed by atoms with van der Waals surface area (Å²) in [6.07, 6.45) is -0.862. The highest BCUT2D eigenvalue weighted by Crippen LogP contribution is 2.13. The summed E-state index contributed by atoms with van der Waals surface area (Å²) in [6, 6.07) is 6.94. The maximum Gasteiger partial charge on any atom is 0.412 e. The molecule has 0 aliphatic rings. The third-order valence-corrected chi connectivity index (χ3v) is 2.56. The fourth-order valence-electron chi connectivity index (χ4n) is 1.64. The molecule has 0 aliphatic heterocycles. The lowest BCUT2D eigenvalue weighted by molar-refractivity contribution is -0.120. The Labute approximate surface area is 130 Å². The number of hydrogen-bond acceptors (Lipinski definition) is 4. The minimum Gasteiger partial charge on any atom is -0.444 e. The second kappa shape index (κ2) is 7.79. The molecule has 3 N–H and O–H groups in total. The smallest absolute Gasteiger partial charge is 0.412 e. The maximum atomic E-state index is 11.6. The van der Waals surface area contributed by atoms with Crippen molar-refractivity contribution < 1.29 is 19.4 Å². The number of anilines is 1. The monoisotopic (exact) mass is 308 g/mol. The Morgan fingerprint density at radius 3 is 2.32 bits per heavy atom. The van der Waals surface area contributed by atoms with Crippen molar-refractivity contribution in [3.8, 4) is 0 Å². The van der Waals surface area contributed by atoms with E-state index in [-0.39, 0.29) is 18.9 Å². The minimum absolute atomic E-state index is 0.159. The third kappa shape index (κ3) is 7.64. The molecule has 6 heteroatoms. The van der Waals surface area contributed by atoms with E-state index < -0.39 is 17.8 Å². The van der Waals surface area contributed by atoms with Crippen LogP contribution in [0.15, 0.2) is 24.3 Å². The van der Waals surface area contributed by atoms with Crippen molar-refractivity contribution in [1.82, 2.24) is 5.32 Å². The number of ether oxygens (including phenoxy) is 1. The molecular formula is C16H24N2O4. The number of benzene rings is 1. The van der Waals surface area contributed by atoms with E-state index in [2.05, 4.69) is 10.6 Å². The number of carbonyl (C=O) groups is 2. The third-order valence-electron chi connectivity index (χ3n) is 2.56. The average molecular weight is 308 g/mol. The van der Waals surface area contributed by atoms with E-state index in [9.17, 15) is 9.59 Å². The van der Waals surface area contributed by atoms with Crippen molar-refractivity contribution in [2.45, 2.75) is 45.8 Å². The van der Waals surface area contributed by atoms with Crippen LogP contribution >= 0.6 is 0 Å². The van der Waals surface area contributed by atoms with Crippen LogP contribution in [0, 0.1) is 0 Å². The van der Waals surface area contributed by atoms with Crippen molar-refractivity contribution in [2.24, 2.45) is 0 Å². The number of aliphatic hydroxyl groups excluding tert-OH is 1. The molecule has 1 atom stereocenters. The normalized spacial score (nSPS) is 12.4. The first-order valence-corrected chi connectivity index (χ1v) is 7.19. The summed E-state index contributed by atoms with van der Waals surface area (Å²) in [5, 5.41) is 14.4. The van der Waals surface area contributed by atoms with E-state index in [1.807, 2.05) is 0 Å². The molecule has 0 aliphatic carbocycles. The summed E-state index contributed by atoms with van der Waals surface area (Å²) in [4.78, 5) is 23.2. The molecule has 0 heterocycles. The molecule has 1 aromatic rings. The molecule has 1 rings (SSSR count). The van der Waals surface area contributed by atoms with Gasteiger partial charge in [0.2, 0.25) is 5.91 Å². The minimum atomic E-state index is -0.565. The van der Waals surface area contributed by atoms with Crippen molar-refractivity contribution in [2.75, 3.05) is 11.9 Å². The second-order valence-electron chi connectivity index (χ2n) is 6.15. The summed E-state index contributed by atoms with van der Waals surface area (Å²) < 4.78 is 5.15. The topological polar surface area (TPSA) is 87.7 Å². The van der Waals surface area contributed by atoms with Crippen LogP contribution in [0.25, 0.3) is 0 Å². The Morgan fingerprint density at radius 1 is 1.23 bits per heavy atom. The molecular weight excluding hydrogens is 284 g/mol. The van der Waals surface area contributed by atoms with Crippen LogP contribution in [0.3, 0.4) is 0 Å². The van der Waals surface area contributed by atoms with Crippen LogP contribution in [0.2, 0.25) is 0 Å². The Hall–Kier alpha value is -2.08. The number of carbonyl (C=O) groups excluding carboxylic acids is 2. The lowest BCUT2D eigenvalue weighted by Gasteiger charge is -2.19. The largest absolute Gasteiger partial charge is 0.444 e. The van der Waals surface area contributed by atoms with Crippen molar-refractivity contribution in [3.63, 3.8) is 0 Å². The molecule has 2 amide bonds. The molecule has 0 aromatic heterocycles. The molecule has 122 valence electrons. The molecule has 6 nitrogen and oxygen atoms in total. The van der Waals surface area contributed by atoms with Gasteiger partial charge in [-0.2, -0.15) is 0 Å². The van der Waals surface area contributed by atoms with E-state index in [0.29, 0.717) is 5.69 Å². The Bertz CT molecular complexity index is 504. The maximum absolute atomic E-state index is 11.6. The number of nitrogens with one attached hydrogen (secondary N) is 2. The molecule has 0 saturated heterocycles. The van der Waals surface area contributed by atoms with Crippen LogP contribution in [0.4, 0.5) is 10.5 Å². The summed E-state index contributed by atoms with van der Waals surface area (Å²) in [5.41, 5.74) is 0.867. The number of hydrogen-bond donors (Lipinski definition) is 3. The van der Waals surface area contributed by atoms with Gasteiger partial charge in [0.05, 0.1) is 12.5 Å². The summed E-state index contributed by atoms with van der Waals surface area (Å²) in [5.74, 6) is -0.159. The molecule has 1 aromatic carbocycles. The van der Waals surface area contributed by atoms with E-state index in [1.54, 1.807) is 52.0 Å². The molecule has 0 fully saturated rings. The van der Waals surface area contributed by atoms with Crippen LogP contribution in [0.5, 0.6) is 0 Å². The highest BCUT2D eigenvalue weighted by atomic mass is 16.6. The van der Waals surface area contributed by atoms with Gasteiger partial charge in [-0.25, -0.2) is 4.79 Å². The van der Waals surface area contributed by atoms with Gasteiger partial charge in [-0.1, -0.05) is 12.1 Å². The van der Waals surface area contributed by atoms with Crippen LogP contribution in [0.1, 0.15) is 33.3 Å². The molecule has 1 unspecified atom stereocenters. The fraction of sp³-hybridized carbons (Fsp3) is 0.500. The molecule has 0 saturated carbocycles. The van der Waals surface area contributed by atoms with Crippen molar-refractivity contribution in [3.05, 3.63) is 29.8 Å². The number of amides is 2. The van der Waals surface area contributed by atoms with E-state index in [0.717, 1.165) is 5.56 Å². The highest BCUT2D eigenvalue weighted by Gasteiger charge is 2.16. The van der Waals surface area contributed by atoms with Gasteiger partial charge in [-0.3, -0.25) is 10.1 Å². The van der Waals surface area contributed by atoms with Gasteiger partial charge in [0, 0.05) is 12.2 Å². The Morgan fingerprint density at radius 2 is 1.82 bits per heavy atom. The van der Waals surface area contributed by atoms with Crippen molar-refractivity contribution in [1.29, 1.82) is 0 Å². The summed E-state index contributed by atoms with van der Waals surface area (Å²) >= 11 is 0. The predicted octanol–water partition coefficient (Wildman–Crippen LogP) is 2.07. The van der Waals surface area contributed by atoms with Gasteiger partial charge in [0.25, 0.3) is 0 Å². The van der Waals surface area contributed by atoms with Crippen LogP contribution in [-0.2, 0) is 16.0 Å². The van der Waals surface area contributed by atoms with Crippen LogP contribution in [-0.4, -0.2) is 35.4 Å². The number of aliphatic hydroxyl groups is 1. The van der Waals surface area contributed by atoms with E-state index >= 15 is 0 Å². The first-order chi connectivity index (χ1) is 10.2. The zero-order chi connectivity index (χ0) is 16.8. The molecule has 0 spiro atoms. The zero-order valence-corrected chi connectivity index (χ0v) is 13.5. The summed E-state index contributed by atoms with van der Waals surface area (Å²) in [7, 11) is 0. The Balaban J connectivity index is 2.49. The lowest BCUT2D eigenvalue weighted by Crippen LogP contribution is -2.31. The molecule has 22 heavy (non-hydrogen) atoms. The molecule has 0 radical (unpaired) electrons. The zero-order valence-electron chi connectivity index (χ0n) is 13.5. The van der Waals surface area contributed by atoms with Crippen molar-refractivity contribution >= 4 is 17.7 Å². The van der Waals surface area contributed by atoms with E-state index in [4.69, 9.17) is 9.84 Å². The first-order valence-electron chi connectivity index (χ1n) is 7.19. The molecule has 0 bridgehead atoms. The Kier molecular flexibility index (Phi) is 6.37. The van der Waals surface area contributed by atoms with Gasteiger partial charge < -0.3 is 15.2 Å². The average Bonchev–Trinajstić information content (AvgIpc) is 2.36. The predicted molar refractivity (Wildman–Crippen MR) is 84.7 cm³/mol. The highest BCUT2D eigenvalue weighted by molar-refractivity contribution is 5.85. The number of rotatable bonds is 5. The van der Waals surface area contributed by atoms with Crippen LogP contribution < -0.4 is 10.6 Å². The van der Waals surface area contributed by atoms with Gasteiger partial charge in [-0.05, 0) is 45.4 Å². The fourth-order valence-corrected chi connectivity index (χ4v) is 1.64. The second-order valence-corrected chi connectivity index (χ2v) is 6.15.